The zero-order chi connectivity index (χ0) is 26.8. The Morgan fingerprint density at radius 2 is 1.72 bits per heavy atom. The maximum absolute atomic E-state index is 14.2. The van der Waals surface area contributed by atoms with Crippen molar-refractivity contribution < 1.29 is 33.2 Å². The largest absolute Gasteiger partial charge is 0.466 e. The highest BCUT2D eigenvalue weighted by molar-refractivity contribution is 5.92. The number of non-ortho nitro benzene ring substituents is 1. The number of amides is 3. The molecule has 2 aromatic rings. The quantitative estimate of drug-likeness (QED) is 0.224. The second-order valence-electron chi connectivity index (χ2n) is 7.90. The van der Waals surface area contributed by atoms with Crippen molar-refractivity contribution in [2.45, 2.75) is 44.7 Å². The van der Waals surface area contributed by atoms with Crippen molar-refractivity contribution >= 4 is 29.4 Å². The van der Waals surface area contributed by atoms with Crippen LogP contribution in [-0.2, 0) is 30.3 Å². The van der Waals surface area contributed by atoms with E-state index in [1.54, 1.807) is 13.0 Å². The first kappa shape index (κ1) is 27.9. The number of rotatable bonds is 12. The molecule has 3 amide bonds. The zero-order valence-electron chi connectivity index (χ0n) is 19.7. The number of primary amides is 1. The minimum absolute atomic E-state index is 0.0622. The lowest BCUT2D eigenvalue weighted by atomic mass is 9.87. The molecule has 0 unspecified atom stereocenters. The Hall–Kier alpha value is -4.35. The number of benzene rings is 2. The number of hydrogen-bond acceptors (Lipinski definition) is 7. The van der Waals surface area contributed by atoms with Crippen LogP contribution in [-0.4, -0.2) is 47.3 Å². The van der Waals surface area contributed by atoms with Gasteiger partial charge in [-0.05, 0) is 24.1 Å². The summed E-state index contributed by atoms with van der Waals surface area (Å²) in [5.41, 5.74) is 5.81. The van der Waals surface area contributed by atoms with E-state index in [9.17, 15) is 33.7 Å². The van der Waals surface area contributed by atoms with E-state index in [0.29, 0.717) is 5.56 Å². The Balaban J connectivity index is 2.39. The molecule has 0 aliphatic rings. The van der Waals surface area contributed by atoms with Crippen LogP contribution in [0.3, 0.4) is 0 Å². The van der Waals surface area contributed by atoms with Crippen LogP contribution in [0.4, 0.5) is 10.1 Å². The van der Waals surface area contributed by atoms with Gasteiger partial charge in [0.1, 0.15) is 17.9 Å². The van der Waals surface area contributed by atoms with Crippen LogP contribution in [0.15, 0.2) is 48.5 Å². The molecular formula is C24H27FN4O7. The Labute approximate surface area is 206 Å². The van der Waals surface area contributed by atoms with Gasteiger partial charge in [0.2, 0.25) is 17.7 Å². The number of nitrogens with zero attached hydrogens (tertiary/aromatic N) is 1. The Morgan fingerprint density at radius 3 is 2.25 bits per heavy atom. The molecule has 0 saturated heterocycles. The van der Waals surface area contributed by atoms with Gasteiger partial charge in [0, 0.05) is 31.4 Å². The van der Waals surface area contributed by atoms with Crippen molar-refractivity contribution in [3.63, 3.8) is 0 Å². The minimum Gasteiger partial charge on any atom is -0.466 e. The monoisotopic (exact) mass is 502 g/mol. The number of hydrogen-bond donors (Lipinski definition) is 3. The SMILES string of the molecule is CCOC(=O)C[C@@H](c1ccc([N+](=O)[O-])cc1)[C@@H](NC(=O)[C@@H](Cc1ccccc1F)NC(C)=O)C(N)=O. The lowest BCUT2D eigenvalue weighted by molar-refractivity contribution is -0.384. The van der Waals surface area contributed by atoms with E-state index in [-0.39, 0.29) is 30.7 Å². The number of esters is 1. The average Bonchev–Trinajstić information content (AvgIpc) is 2.82. The van der Waals surface area contributed by atoms with Crippen LogP contribution < -0.4 is 16.4 Å². The van der Waals surface area contributed by atoms with Crippen LogP contribution in [0.25, 0.3) is 0 Å². The fourth-order valence-corrected chi connectivity index (χ4v) is 3.63. The standard InChI is InChI=1S/C24H27FN4O7/c1-3-36-21(31)13-18(15-8-10-17(11-9-15)29(34)35)22(23(26)32)28-24(33)20(27-14(2)30)12-16-6-4-5-7-19(16)25/h4-11,18,20,22H,3,12-13H2,1-2H3,(H2,26,32)(H,27,30)(H,28,33)/t18-,20+,22+/m0/s1. The second kappa shape index (κ2) is 12.9. The summed E-state index contributed by atoms with van der Waals surface area (Å²) < 4.78 is 19.2. The van der Waals surface area contributed by atoms with Crippen molar-refractivity contribution in [2.24, 2.45) is 5.73 Å². The lowest BCUT2D eigenvalue weighted by Crippen LogP contribution is -2.55. The second-order valence-corrected chi connectivity index (χ2v) is 7.90. The molecule has 4 N–H and O–H groups in total. The normalized spacial score (nSPS) is 13.1. The number of nitro benzene ring substituents is 1. The summed E-state index contributed by atoms with van der Waals surface area (Å²) in [5.74, 6) is -4.72. The molecule has 0 bridgehead atoms. The molecule has 11 nitrogen and oxygen atoms in total. The van der Waals surface area contributed by atoms with Gasteiger partial charge < -0.3 is 21.1 Å². The van der Waals surface area contributed by atoms with Crippen LogP contribution in [0.5, 0.6) is 0 Å². The zero-order valence-corrected chi connectivity index (χ0v) is 19.7. The fraction of sp³-hybridized carbons (Fsp3) is 0.333. The molecule has 3 atom stereocenters. The molecule has 0 fully saturated rings. The van der Waals surface area contributed by atoms with Gasteiger partial charge in [0.05, 0.1) is 18.0 Å². The van der Waals surface area contributed by atoms with Gasteiger partial charge >= 0.3 is 5.97 Å². The number of halogens is 1. The topological polar surface area (TPSA) is 171 Å². The van der Waals surface area contributed by atoms with Gasteiger partial charge in [-0.25, -0.2) is 4.39 Å². The van der Waals surface area contributed by atoms with E-state index in [1.807, 2.05) is 0 Å². The van der Waals surface area contributed by atoms with Gasteiger partial charge in [-0.3, -0.25) is 29.3 Å². The first-order valence-corrected chi connectivity index (χ1v) is 11.0. The highest BCUT2D eigenvalue weighted by atomic mass is 19.1. The van der Waals surface area contributed by atoms with Crippen molar-refractivity contribution in [2.75, 3.05) is 6.61 Å². The van der Waals surface area contributed by atoms with Crippen molar-refractivity contribution in [3.05, 3.63) is 75.6 Å². The van der Waals surface area contributed by atoms with Gasteiger partial charge in [0.25, 0.3) is 5.69 Å². The summed E-state index contributed by atoms with van der Waals surface area (Å²) in [5, 5.41) is 15.9. The van der Waals surface area contributed by atoms with Gasteiger partial charge in [-0.2, -0.15) is 0 Å². The van der Waals surface area contributed by atoms with Gasteiger partial charge in [-0.1, -0.05) is 30.3 Å². The van der Waals surface area contributed by atoms with E-state index in [0.717, 1.165) is 0 Å². The molecule has 0 radical (unpaired) electrons. The first-order chi connectivity index (χ1) is 17.0. The Morgan fingerprint density at radius 1 is 1.08 bits per heavy atom. The maximum Gasteiger partial charge on any atom is 0.306 e. The predicted octanol–water partition coefficient (Wildman–Crippen LogP) is 1.49. The summed E-state index contributed by atoms with van der Waals surface area (Å²) in [6.45, 7) is 2.83. The number of nitro groups is 1. The number of nitrogens with one attached hydrogen (secondary N) is 2. The van der Waals surface area contributed by atoms with Crippen molar-refractivity contribution in [3.8, 4) is 0 Å². The van der Waals surface area contributed by atoms with Crippen LogP contribution in [0.1, 0.15) is 37.3 Å². The highest BCUT2D eigenvalue weighted by Gasteiger charge is 2.34. The molecule has 36 heavy (non-hydrogen) atoms. The summed E-state index contributed by atoms with van der Waals surface area (Å²) in [4.78, 5) is 60.0. The predicted molar refractivity (Wildman–Crippen MR) is 126 cm³/mol. The molecule has 2 rings (SSSR count). The van der Waals surface area contributed by atoms with E-state index in [1.165, 1.54) is 49.4 Å². The number of carbonyl (C=O) groups excluding carboxylic acids is 4. The summed E-state index contributed by atoms with van der Waals surface area (Å²) in [6, 6.07) is 8.02. The van der Waals surface area contributed by atoms with Crippen LogP contribution in [0, 0.1) is 15.9 Å². The molecule has 0 aromatic heterocycles. The average molecular weight is 502 g/mol. The molecule has 0 saturated carbocycles. The molecule has 12 heteroatoms. The molecule has 0 heterocycles. The van der Waals surface area contributed by atoms with Crippen molar-refractivity contribution in [1.29, 1.82) is 0 Å². The minimum atomic E-state index is -1.46. The number of ether oxygens (including phenoxy) is 1. The fourth-order valence-electron chi connectivity index (χ4n) is 3.63. The summed E-state index contributed by atoms with van der Waals surface area (Å²) in [7, 11) is 0. The van der Waals surface area contributed by atoms with E-state index >= 15 is 0 Å². The van der Waals surface area contributed by atoms with Crippen molar-refractivity contribution in [1.82, 2.24) is 10.6 Å². The molecular weight excluding hydrogens is 475 g/mol. The third-order valence-electron chi connectivity index (χ3n) is 5.31. The van der Waals surface area contributed by atoms with Crippen LogP contribution in [0.2, 0.25) is 0 Å². The summed E-state index contributed by atoms with van der Waals surface area (Å²) in [6.07, 6.45) is -0.596. The number of carbonyl (C=O) groups is 4. The van der Waals surface area contributed by atoms with E-state index in [2.05, 4.69) is 10.6 Å². The van der Waals surface area contributed by atoms with E-state index < -0.39 is 52.4 Å². The van der Waals surface area contributed by atoms with Crippen LogP contribution >= 0.6 is 0 Å². The molecule has 0 spiro atoms. The lowest BCUT2D eigenvalue weighted by Gasteiger charge is -2.27. The Bertz CT molecular complexity index is 1120. The van der Waals surface area contributed by atoms with E-state index in [4.69, 9.17) is 10.5 Å². The third-order valence-corrected chi connectivity index (χ3v) is 5.31. The molecule has 0 aliphatic heterocycles. The number of nitrogens with two attached hydrogens (primary N) is 1. The van der Waals surface area contributed by atoms with Gasteiger partial charge in [0.15, 0.2) is 0 Å². The molecule has 0 aliphatic carbocycles. The Kier molecular flexibility index (Phi) is 10.0. The van der Waals surface area contributed by atoms with Gasteiger partial charge in [-0.15, -0.1) is 0 Å². The maximum atomic E-state index is 14.2. The highest BCUT2D eigenvalue weighted by Crippen LogP contribution is 2.27. The first-order valence-electron chi connectivity index (χ1n) is 11.0. The third kappa shape index (κ3) is 7.86. The molecule has 2 aromatic carbocycles. The smallest absolute Gasteiger partial charge is 0.306 e. The molecule has 192 valence electrons. The summed E-state index contributed by atoms with van der Waals surface area (Å²) >= 11 is 0.